The highest BCUT2D eigenvalue weighted by Gasteiger charge is 2.34. The van der Waals surface area contributed by atoms with Crippen molar-refractivity contribution in [2.24, 2.45) is 5.41 Å². The van der Waals surface area contributed by atoms with Gasteiger partial charge in [-0.3, -0.25) is 4.79 Å². The van der Waals surface area contributed by atoms with E-state index in [0.717, 1.165) is 36.2 Å². The molecule has 0 saturated heterocycles. The highest BCUT2D eigenvalue weighted by Crippen LogP contribution is 2.40. The fourth-order valence-electron chi connectivity index (χ4n) is 4.23. The van der Waals surface area contributed by atoms with Crippen molar-refractivity contribution < 1.29 is 4.79 Å². The van der Waals surface area contributed by atoms with Gasteiger partial charge in [-0.05, 0) is 42.5 Å². The molecule has 1 aromatic carbocycles. The molecule has 2 heterocycles. The molecule has 2 aromatic heterocycles. The van der Waals surface area contributed by atoms with Gasteiger partial charge in [0.2, 0.25) is 5.91 Å². The van der Waals surface area contributed by atoms with Gasteiger partial charge in [0.15, 0.2) is 0 Å². The smallest absolute Gasteiger partial charge is 0.220 e. The van der Waals surface area contributed by atoms with Gasteiger partial charge in [0.1, 0.15) is 5.82 Å². The Morgan fingerprint density at radius 2 is 1.88 bits per heavy atom. The molecule has 3 aromatic rings. The van der Waals surface area contributed by atoms with E-state index in [1.807, 2.05) is 24.3 Å². The van der Waals surface area contributed by atoms with E-state index < -0.39 is 0 Å². The first-order valence-corrected chi connectivity index (χ1v) is 9.54. The minimum Gasteiger partial charge on any atom is -0.354 e. The Bertz CT molecular complexity index is 826. The highest BCUT2D eigenvalue weighted by molar-refractivity contribution is 5.77. The fraction of sp³-hybridized carbons (Fsp3) is 0.429. The topological polar surface area (TPSA) is 62.7 Å². The van der Waals surface area contributed by atoms with Crippen molar-refractivity contribution in [3.8, 4) is 0 Å². The Kier molecular flexibility index (Phi) is 4.78. The Morgan fingerprint density at radius 1 is 1.12 bits per heavy atom. The molecule has 0 aliphatic heterocycles. The van der Waals surface area contributed by atoms with Gasteiger partial charge in [-0.2, -0.15) is 0 Å². The van der Waals surface area contributed by atoms with Gasteiger partial charge < -0.3 is 14.9 Å². The van der Waals surface area contributed by atoms with Gasteiger partial charge in [-0.1, -0.05) is 31.4 Å². The van der Waals surface area contributed by atoms with Gasteiger partial charge in [0.05, 0.1) is 17.6 Å². The number of amides is 1. The second-order valence-corrected chi connectivity index (χ2v) is 7.57. The van der Waals surface area contributed by atoms with Crippen molar-refractivity contribution in [3.63, 3.8) is 0 Å². The molecule has 0 unspecified atom stereocenters. The van der Waals surface area contributed by atoms with E-state index in [1.165, 1.54) is 19.3 Å². The maximum Gasteiger partial charge on any atom is 0.220 e. The summed E-state index contributed by atoms with van der Waals surface area (Å²) in [5.41, 5.74) is 2.02. The summed E-state index contributed by atoms with van der Waals surface area (Å²) in [5.74, 6) is 0.933. The van der Waals surface area contributed by atoms with Crippen LogP contribution in [0.25, 0.3) is 11.0 Å². The predicted octanol–water partition coefficient (Wildman–Crippen LogP) is 4.02. The summed E-state index contributed by atoms with van der Waals surface area (Å²) in [6, 6.07) is 12.0. The number of aromatic nitrogens is 3. The minimum absolute atomic E-state index is 0.0786. The summed E-state index contributed by atoms with van der Waals surface area (Å²) < 4.78 is 2.22. The number of hydrogen-bond donors (Lipinski definition) is 2. The molecule has 26 heavy (non-hydrogen) atoms. The molecule has 136 valence electrons. The molecule has 5 heteroatoms. The number of fused-ring (bicyclic) bond motifs is 1. The van der Waals surface area contributed by atoms with E-state index in [0.29, 0.717) is 13.0 Å². The van der Waals surface area contributed by atoms with Crippen LogP contribution in [0.4, 0.5) is 0 Å². The molecule has 0 atom stereocenters. The number of benzene rings is 1. The normalized spacial score (nSPS) is 16.6. The molecule has 1 fully saturated rings. The zero-order valence-corrected chi connectivity index (χ0v) is 15.1. The number of nitrogens with zero attached hydrogens (tertiary/aromatic N) is 2. The Labute approximate surface area is 153 Å². The molecule has 1 amide bonds. The van der Waals surface area contributed by atoms with Crippen molar-refractivity contribution in [1.29, 1.82) is 0 Å². The lowest BCUT2D eigenvalue weighted by atomic mass is 9.71. The summed E-state index contributed by atoms with van der Waals surface area (Å²) in [4.78, 5) is 20.5. The van der Waals surface area contributed by atoms with Crippen LogP contribution in [0.1, 0.15) is 44.3 Å². The van der Waals surface area contributed by atoms with Crippen LogP contribution in [-0.2, 0) is 17.9 Å². The molecule has 1 saturated carbocycles. The van der Waals surface area contributed by atoms with E-state index in [4.69, 9.17) is 0 Å². The maximum atomic E-state index is 12.7. The first kappa shape index (κ1) is 16.9. The standard InChI is InChI=1S/C21H26N4O/c26-20(22-15-19-23-17-8-2-3-9-18(17)24-19)14-21(10-4-1-5-11-21)16-25-12-6-7-13-25/h2-3,6-9,12-13H,1,4-5,10-11,14-16H2,(H,22,26)(H,23,24). The summed E-state index contributed by atoms with van der Waals surface area (Å²) in [6.07, 6.45) is 10.8. The SMILES string of the molecule is O=C(CC1(Cn2cccc2)CCCCC1)NCc1nc2ccccc2[nH]1. The molecule has 0 spiro atoms. The summed E-state index contributed by atoms with van der Waals surface area (Å²) in [5, 5.41) is 3.07. The van der Waals surface area contributed by atoms with Crippen LogP contribution >= 0.6 is 0 Å². The van der Waals surface area contributed by atoms with Gasteiger partial charge in [-0.25, -0.2) is 4.98 Å². The van der Waals surface area contributed by atoms with Crippen molar-refractivity contribution in [2.75, 3.05) is 0 Å². The molecule has 5 nitrogen and oxygen atoms in total. The molecule has 1 aliphatic carbocycles. The van der Waals surface area contributed by atoms with Crippen LogP contribution in [0.15, 0.2) is 48.8 Å². The van der Waals surface area contributed by atoms with Crippen molar-refractivity contribution in [3.05, 3.63) is 54.6 Å². The average molecular weight is 350 g/mol. The van der Waals surface area contributed by atoms with Crippen molar-refractivity contribution in [2.45, 2.75) is 51.6 Å². The number of carbonyl (C=O) groups is 1. The summed E-state index contributed by atoms with van der Waals surface area (Å²) in [6.45, 7) is 1.38. The largest absolute Gasteiger partial charge is 0.354 e. The third-order valence-corrected chi connectivity index (χ3v) is 5.53. The van der Waals surface area contributed by atoms with Gasteiger partial charge in [-0.15, -0.1) is 0 Å². The van der Waals surface area contributed by atoms with E-state index in [-0.39, 0.29) is 11.3 Å². The highest BCUT2D eigenvalue weighted by atomic mass is 16.1. The molecule has 0 radical (unpaired) electrons. The lowest BCUT2D eigenvalue weighted by molar-refractivity contribution is -0.124. The Hall–Kier alpha value is -2.56. The summed E-state index contributed by atoms with van der Waals surface area (Å²) in [7, 11) is 0. The van der Waals surface area contributed by atoms with Crippen LogP contribution in [-0.4, -0.2) is 20.4 Å². The second-order valence-electron chi connectivity index (χ2n) is 7.57. The Morgan fingerprint density at radius 3 is 2.65 bits per heavy atom. The quantitative estimate of drug-likeness (QED) is 0.705. The number of carbonyl (C=O) groups excluding carboxylic acids is 1. The number of H-pyrrole nitrogens is 1. The Balaban J connectivity index is 1.39. The maximum absolute atomic E-state index is 12.7. The predicted molar refractivity (Wildman–Crippen MR) is 103 cm³/mol. The number of imidazole rings is 1. The van der Waals surface area contributed by atoms with Crippen LogP contribution in [0.3, 0.4) is 0 Å². The minimum atomic E-state index is 0.0786. The second kappa shape index (κ2) is 7.36. The molecule has 4 rings (SSSR count). The van der Waals surface area contributed by atoms with E-state index >= 15 is 0 Å². The number of nitrogens with one attached hydrogen (secondary N) is 2. The lowest BCUT2D eigenvalue weighted by Crippen LogP contribution is -2.36. The first-order chi connectivity index (χ1) is 12.7. The molecule has 0 bridgehead atoms. The zero-order valence-electron chi connectivity index (χ0n) is 15.1. The molecular weight excluding hydrogens is 324 g/mol. The third-order valence-electron chi connectivity index (χ3n) is 5.53. The monoisotopic (exact) mass is 350 g/mol. The third kappa shape index (κ3) is 3.82. The van der Waals surface area contributed by atoms with E-state index in [1.54, 1.807) is 0 Å². The van der Waals surface area contributed by atoms with Gasteiger partial charge in [0, 0.05) is 25.4 Å². The summed E-state index contributed by atoms with van der Waals surface area (Å²) >= 11 is 0. The first-order valence-electron chi connectivity index (χ1n) is 9.54. The number of aromatic amines is 1. The van der Waals surface area contributed by atoms with Crippen LogP contribution in [0.2, 0.25) is 0 Å². The molecule has 1 aliphatic rings. The molecule has 2 N–H and O–H groups in total. The lowest BCUT2D eigenvalue weighted by Gasteiger charge is -2.37. The molecular formula is C21H26N4O. The number of para-hydroxylation sites is 2. The van der Waals surface area contributed by atoms with E-state index in [2.05, 4.69) is 44.4 Å². The number of hydrogen-bond acceptors (Lipinski definition) is 2. The van der Waals surface area contributed by atoms with Crippen molar-refractivity contribution in [1.82, 2.24) is 19.9 Å². The zero-order chi connectivity index (χ0) is 17.8. The van der Waals surface area contributed by atoms with Crippen molar-refractivity contribution >= 4 is 16.9 Å². The average Bonchev–Trinajstić information content (AvgIpc) is 3.29. The van der Waals surface area contributed by atoms with E-state index in [9.17, 15) is 4.79 Å². The van der Waals surface area contributed by atoms with Crippen LogP contribution in [0.5, 0.6) is 0 Å². The van der Waals surface area contributed by atoms with Gasteiger partial charge in [0.25, 0.3) is 0 Å². The van der Waals surface area contributed by atoms with Crippen LogP contribution in [0, 0.1) is 5.41 Å². The van der Waals surface area contributed by atoms with Gasteiger partial charge >= 0.3 is 0 Å². The fourth-order valence-corrected chi connectivity index (χ4v) is 4.23. The van der Waals surface area contributed by atoms with Crippen LogP contribution < -0.4 is 5.32 Å². The number of rotatable bonds is 6.